The molecule has 0 aliphatic heterocycles. The highest BCUT2D eigenvalue weighted by molar-refractivity contribution is 8.02. The van der Waals surface area contributed by atoms with Crippen molar-refractivity contribution in [2.75, 3.05) is 10.2 Å². The number of anilines is 2. The second-order valence-corrected chi connectivity index (χ2v) is 9.31. The summed E-state index contributed by atoms with van der Waals surface area (Å²) >= 11 is 2.74. The molecule has 0 spiro atoms. The Morgan fingerprint density at radius 3 is 2.74 bits per heavy atom. The largest absolute Gasteiger partial charge is 0.325 e. The van der Waals surface area contributed by atoms with E-state index in [1.54, 1.807) is 4.90 Å². The van der Waals surface area contributed by atoms with E-state index in [2.05, 4.69) is 15.5 Å². The lowest BCUT2D eigenvalue weighted by Crippen LogP contribution is -2.32. The van der Waals surface area contributed by atoms with Crippen LogP contribution in [0.15, 0.2) is 22.5 Å². The molecule has 1 N–H and O–H groups in total. The third kappa shape index (κ3) is 4.87. The Morgan fingerprint density at radius 1 is 1.33 bits per heavy atom. The first-order chi connectivity index (χ1) is 12.9. The number of amides is 2. The van der Waals surface area contributed by atoms with Gasteiger partial charge in [0, 0.05) is 18.2 Å². The maximum Gasteiger partial charge on any atom is 0.237 e. The standard InChI is InChI=1S/C19H24N4O2S2/c1-5-16(24)23(14-8-9-14)18-21-22-19(27-18)26-13(4)17(25)20-15-10-11(2)6-7-12(15)3/h6-7,10,13-14H,5,8-9H2,1-4H3,(H,20,25)/t13-/m1/s1. The molecule has 1 saturated carbocycles. The predicted molar refractivity (Wildman–Crippen MR) is 111 cm³/mol. The fraction of sp³-hybridized carbons (Fsp3) is 0.474. The summed E-state index contributed by atoms with van der Waals surface area (Å²) in [5, 5.41) is 11.7. The van der Waals surface area contributed by atoms with Gasteiger partial charge in [0.05, 0.1) is 5.25 Å². The van der Waals surface area contributed by atoms with E-state index in [1.165, 1.54) is 23.1 Å². The van der Waals surface area contributed by atoms with E-state index in [4.69, 9.17) is 0 Å². The maximum atomic E-state index is 12.6. The molecule has 1 fully saturated rings. The molecule has 1 aliphatic carbocycles. The second kappa shape index (κ2) is 8.39. The molecule has 1 aromatic carbocycles. The molecule has 1 aliphatic rings. The smallest absolute Gasteiger partial charge is 0.237 e. The molecule has 1 heterocycles. The van der Waals surface area contributed by atoms with Crippen LogP contribution in [-0.4, -0.2) is 33.3 Å². The Labute approximate surface area is 167 Å². The summed E-state index contributed by atoms with van der Waals surface area (Å²) in [5.74, 6) is 0.0000442. The number of benzene rings is 1. The van der Waals surface area contributed by atoms with Crippen LogP contribution in [0.4, 0.5) is 10.8 Å². The number of thioether (sulfide) groups is 1. The Balaban J connectivity index is 1.65. The fourth-order valence-electron chi connectivity index (χ4n) is 2.63. The average molecular weight is 405 g/mol. The van der Waals surface area contributed by atoms with Gasteiger partial charge in [0.1, 0.15) is 0 Å². The average Bonchev–Trinajstić information content (AvgIpc) is 3.37. The van der Waals surface area contributed by atoms with Crippen molar-refractivity contribution in [3.63, 3.8) is 0 Å². The second-order valence-electron chi connectivity index (χ2n) is 6.77. The lowest BCUT2D eigenvalue weighted by Gasteiger charge is -2.17. The highest BCUT2D eigenvalue weighted by Crippen LogP contribution is 2.37. The Kier molecular flexibility index (Phi) is 6.16. The number of carbonyl (C=O) groups is 2. The molecule has 27 heavy (non-hydrogen) atoms. The van der Waals surface area contributed by atoms with E-state index in [9.17, 15) is 9.59 Å². The molecule has 0 saturated heterocycles. The lowest BCUT2D eigenvalue weighted by molar-refractivity contribution is -0.118. The van der Waals surface area contributed by atoms with E-state index in [0.29, 0.717) is 15.9 Å². The predicted octanol–water partition coefficient (Wildman–Crippen LogP) is 4.18. The molecule has 0 bridgehead atoms. The van der Waals surface area contributed by atoms with E-state index in [0.717, 1.165) is 29.7 Å². The molecule has 1 aromatic heterocycles. The minimum Gasteiger partial charge on any atom is -0.325 e. The lowest BCUT2D eigenvalue weighted by atomic mass is 10.1. The number of nitrogens with one attached hydrogen (secondary N) is 1. The van der Waals surface area contributed by atoms with E-state index >= 15 is 0 Å². The van der Waals surface area contributed by atoms with Gasteiger partial charge in [0.25, 0.3) is 0 Å². The number of rotatable bonds is 7. The molecule has 2 amide bonds. The normalized spacial score (nSPS) is 14.7. The van der Waals surface area contributed by atoms with Crippen LogP contribution in [-0.2, 0) is 9.59 Å². The van der Waals surface area contributed by atoms with E-state index < -0.39 is 0 Å². The van der Waals surface area contributed by atoms with Crippen molar-refractivity contribution in [3.05, 3.63) is 29.3 Å². The number of nitrogens with zero attached hydrogens (tertiary/aromatic N) is 3. The highest BCUT2D eigenvalue weighted by Gasteiger charge is 2.35. The summed E-state index contributed by atoms with van der Waals surface area (Å²) in [5.41, 5.74) is 2.96. The van der Waals surface area contributed by atoms with Crippen molar-refractivity contribution in [1.29, 1.82) is 0 Å². The minimum atomic E-state index is -0.318. The molecular formula is C19H24N4O2S2. The fourth-order valence-corrected chi connectivity index (χ4v) is 4.70. The molecule has 6 nitrogen and oxygen atoms in total. The number of carbonyl (C=O) groups excluding carboxylic acids is 2. The molecule has 0 radical (unpaired) electrons. The molecule has 1 atom stereocenters. The van der Waals surface area contributed by atoms with Crippen LogP contribution in [0, 0.1) is 13.8 Å². The number of hydrogen-bond donors (Lipinski definition) is 1. The van der Waals surface area contributed by atoms with Gasteiger partial charge in [-0.15, -0.1) is 10.2 Å². The van der Waals surface area contributed by atoms with Gasteiger partial charge < -0.3 is 5.32 Å². The first kappa shape index (κ1) is 19.8. The van der Waals surface area contributed by atoms with Crippen molar-refractivity contribution >= 4 is 45.7 Å². The van der Waals surface area contributed by atoms with Gasteiger partial charge in [-0.2, -0.15) is 0 Å². The quantitative estimate of drug-likeness (QED) is 0.553. The molecule has 2 aromatic rings. The van der Waals surface area contributed by atoms with Gasteiger partial charge in [0.15, 0.2) is 4.34 Å². The molecule has 144 valence electrons. The minimum absolute atomic E-state index is 0.0749. The summed E-state index contributed by atoms with van der Waals surface area (Å²) in [4.78, 5) is 26.5. The molecular weight excluding hydrogens is 380 g/mol. The van der Waals surface area contributed by atoms with Gasteiger partial charge in [-0.3, -0.25) is 14.5 Å². The van der Waals surface area contributed by atoms with Crippen LogP contribution >= 0.6 is 23.1 Å². The van der Waals surface area contributed by atoms with Crippen molar-refractivity contribution in [2.24, 2.45) is 0 Å². The summed E-state index contributed by atoms with van der Waals surface area (Å²) in [6.45, 7) is 7.68. The van der Waals surface area contributed by atoms with Crippen LogP contribution in [0.3, 0.4) is 0 Å². The van der Waals surface area contributed by atoms with Gasteiger partial charge in [-0.25, -0.2) is 0 Å². The van der Waals surface area contributed by atoms with Crippen molar-refractivity contribution in [2.45, 2.75) is 62.6 Å². The van der Waals surface area contributed by atoms with Crippen molar-refractivity contribution < 1.29 is 9.59 Å². The number of aryl methyl sites for hydroxylation is 2. The summed E-state index contributed by atoms with van der Waals surface area (Å²) in [7, 11) is 0. The van der Waals surface area contributed by atoms with Gasteiger partial charge in [-0.05, 0) is 50.8 Å². The van der Waals surface area contributed by atoms with Gasteiger partial charge in [-0.1, -0.05) is 42.2 Å². The Hall–Kier alpha value is -1.93. The SMILES string of the molecule is CCC(=O)N(c1nnc(S[C@H](C)C(=O)Nc2cc(C)ccc2C)s1)C1CC1. The summed E-state index contributed by atoms with van der Waals surface area (Å²) in [6.07, 6.45) is 2.48. The van der Waals surface area contributed by atoms with Crippen molar-refractivity contribution in [1.82, 2.24) is 10.2 Å². The van der Waals surface area contributed by atoms with Crippen LogP contribution < -0.4 is 10.2 Å². The number of hydrogen-bond acceptors (Lipinski definition) is 6. The third-order valence-corrected chi connectivity index (χ3v) is 6.49. The van der Waals surface area contributed by atoms with Crippen LogP contribution in [0.5, 0.6) is 0 Å². The monoisotopic (exact) mass is 404 g/mol. The Bertz CT molecular complexity index is 848. The molecule has 3 rings (SSSR count). The highest BCUT2D eigenvalue weighted by atomic mass is 32.2. The van der Waals surface area contributed by atoms with Crippen LogP contribution in [0.2, 0.25) is 0 Å². The van der Waals surface area contributed by atoms with Gasteiger partial charge in [0.2, 0.25) is 16.9 Å². The number of aromatic nitrogens is 2. The van der Waals surface area contributed by atoms with Crippen LogP contribution in [0.1, 0.15) is 44.2 Å². The maximum absolute atomic E-state index is 12.6. The molecule has 0 unspecified atom stereocenters. The summed E-state index contributed by atoms with van der Waals surface area (Å²) in [6, 6.07) is 6.25. The third-order valence-electron chi connectivity index (χ3n) is 4.38. The zero-order valence-electron chi connectivity index (χ0n) is 16.0. The Morgan fingerprint density at radius 2 is 2.07 bits per heavy atom. The zero-order chi connectivity index (χ0) is 19.6. The zero-order valence-corrected chi connectivity index (χ0v) is 17.6. The first-order valence-electron chi connectivity index (χ1n) is 9.09. The van der Waals surface area contributed by atoms with E-state index in [-0.39, 0.29) is 23.1 Å². The summed E-state index contributed by atoms with van der Waals surface area (Å²) < 4.78 is 0.697. The molecule has 8 heteroatoms. The topological polar surface area (TPSA) is 75.2 Å². The van der Waals surface area contributed by atoms with E-state index in [1.807, 2.05) is 45.9 Å². The van der Waals surface area contributed by atoms with Crippen LogP contribution in [0.25, 0.3) is 0 Å². The van der Waals surface area contributed by atoms with Gasteiger partial charge >= 0.3 is 0 Å². The van der Waals surface area contributed by atoms with Crippen molar-refractivity contribution in [3.8, 4) is 0 Å². The first-order valence-corrected chi connectivity index (χ1v) is 10.8.